The molecular formula is C14H19BrClN3O. The summed E-state index contributed by atoms with van der Waals surface area (Å²) >= 11 is 9.18. The Morgan fingerprint density at radius 1 is 1.65 bits per heavy atom. The molecule has 4 nitrogen and oxygen atoms in total. The van der Waals surface area contributed by atoms with Crippen molar-refractivity contribution >= 4 is 39.1 Å². The van der Waals surface area contributed by atoms with Gasteiger partial charge in [-0.2, -0.15) is 0 Å². The van der Waals surface area contributed by atoms with Gasteiger partial charge in [0.2, 0.25) is 5.91 Å². The first-order valence-corrected chi connectivity index (χ1v) is 8.08. The van der Waals surface area contributed by atoms with Crippen LogP contribution in [0, 0.1) is 5.41 Å². The molecule has 0 aliphatic carbocycles. The molecule has 0 bridgehead atoms. The fourth-order valence-corrected chi connectivity index (χ4v) is 3.17. The van der Waals surface area contributed by atoms with Gasteiger partial charge in [-0.25, -0.2) is 4.98 Å². The summed E-state index contributed by atoms with van der Waals surface area (Å²) in [6, 6.07) is 1.78. The van der Waals surface area contributed by atoms with E-state index in [4.69, 9.17) is 11.6 Å². The van der Waals surface area contributed by atoms with Crippen LogP contribution in [0.2, 0.25) is 5.15 Å². The highest BCUT2D eigenvalue weighted by Gasteiger charge is 2.38. The summed E-state index contributed by atoms with van der Waals surface area (Å²) < 4.78 is 0.684. The van der Waals surface area contributed by atoms with Crippen LogP contribution in [0.1, 0.15) is 32.6 Å². The number of nitrogens with one attached hydrogen (secondary N) is 2. The summed E-state index contributed by atoms with van der Waals surface area (Å²) in [6.45, 7) is 3.85. The number of piperidine rings is 1. The lowest BCUT2D eigenvalue weighted by Crippen LogP contribution is -2.48. The molecule has 1 saturated heterocycles. The monoisotopic (exact) mass is 359 g/mol. The topological polar surface area (TPSA) is 54.0 Å². The number of amides is 1. The van der Waals surface area contributed by atoms with Crippen molar-refractivity contribution in [1.82, 2.24) is 10.3 Å². The molecule has 1 fully saturated rings. The summed E-state index contributed by atoms with van der Waals surface area (Å²) in [6.07, 6.45) is 5.45. The number of nitrogens with zero attached hydrogens (tertiary/aromatic N) is 1. The van der Waals surface area contributed by atoms with E-state index >= 15 is 0 Å². The normalized spacial score (nSPS) is 22.6. The van der Waals surface area contributed by atoms with Gasteiger partial charge in [-0.05, 0) is 47.8 Å². The molecule has 2 N–H and O–H groups in total. The van der Waals surface area contributed by atoms with Crippen LogP contribution in [0.15, 0.2) is 16.7 Å². The molecule has 1 aliphatic heterocycles. The number of rotatable bonds is 4. The highest BCUT2D eigenvalue weighted by atomic mass is 79.9. The zero-order valence-corrected chi connectivity index (χ0v) is 13.9. The molecule has 1 aromatic rings. The molecule has 0 aromatic carbocycles. The third-order valence-electron chi connectivity index (χ3n) is 3.74. The average molecular weight is 361 g/mol. The van der Waals surface area contributed by atoms with Crippen LogP contribution >= 0.6 is 27.5 Å². The first kappa shape index (κ1) is 15.7. The van der Waals surface area contributed by atoms with E-state index in [1.807, 2.05) is 0 Å². The molecule has 1 aromatic heterocycles. The third-order valence-corrected chi connectivity index (χ3v) is 4.87. The van der Waals surface area contributed by atoms with Gasteiger partial charge in [0, 0.05) is 6.54 Å². The van der Waals surface area contributed by atoms with E-state index < -0.39 is 0 Å². The van der Waals surface area contributed by atoms with E-state index in [2.05, 4.69) is 38.5 Å². The second-order valence-electron chi connectivity index (χ2n) is 5.26. The van der Waals surface area contributed by atoms with Crippen LogP contribution in [0.4, 0.5) is 5.69 Å². The number of pyridine rings is 1. The maximum atomic E-state index is 12.6. The first-order chi connectivity index (χ1) is 9.57. The van der Waals surface area contributed by atoms with Crippen LogP contribution in [0.25, 0.3) is 0 Å². The van der Waals surface area contributed by atoms with E-state index in [1.165, 1.54) is 0 Å². The number of halogens is 2. The lowest BCUT2D eigenvalue weighted by molar-refractivity contribution is -0.127. The Kier molecular flexibility index (Phi) is 5.41. The fraction of sp³-hybridized carbons (Fsp3) is 0.571. The minimum absolute atomic E-state index is 0.0718. The Hall–Kier alpha value is -0.650. The highest BCUT2D eigenvalue weighted by molar-refractivity contribution is 9.10. The molecule has 1 amide bonds. The number of hydrogen-bond donors (Lipinski definition) is 2. The number of carbonyl (C=O) groups excluding carboxylic acids is 1. The molecule has 0 spiro atoms. The van der Waals surface area contributed by atoms with E-state index in [0.717, 1.165) is 38.8 Å². The molecular weight excluding hydrogens is 342 g/mol. The smallest absolute Gasteiger partial charge is 0.231 e. The number of carbonyl (C=O) groups is 1. The van der Waals surface area contributed by atoms with Gasteiger partial charge in [0.1, 0.15) is 5.15 Å². The SMILES string of the molecule is CCCC1(C(=O)Nc2cnc(Cl)c(Br)c2)CCCNC1. The van der Waals surface area contributed by atoms with Gasteiger partial charge in [0.15, 0.2) is 0 Å². The molecule has 2 rings (SSSR count). The molecule has 0 radical (unpaired) electrons. The number of aromatic nitrogens is 1. The summed E-state index contributed by atoms with van der Waals surface area (Å²) in [5.41, 5.74) is 0.367. The van der Waals surface area contributed by atoms with Crippen LogP contribution < -0.4 is 10.6 Å². The lowest BCUT2D eigenvalue weighted by Gasteiger charge is -2.36. The Morgan fingerprint density at radius 3 is 3.05 bits per heavy atom. The van der Waals surface area contributed by atoms with Gasteiger partial charge < -0.3 is 10.6 Å². The highest BCUT2D eigenvalue weighted by Crippen LogP contribution is 2.33. The summed E-state index contributed by atoms with van der Waals surface area (Å²) in [5, 5.41) is 6.71. The minimum Gasteiger partial charge on any atom is -0.324 e. The molecule has 110 valence electrons. The van der Waals surface area contributed by atoms with Gasteiger partial charge in [-0.3, -0.25) is 4.79 Å². The van der Waals surface area contributed by atoms with E-state index in [1.54, 1.807) is 12.3 Å². The summed E-state index contributed by atoms with van der Waals surface area (Å²) in [4.78, 5) is 16.7. The maximum Gasteiger partial charge on any atom is 0.231 e. The maximum absolute atomic E-state index is 12.6. The summed E-state index contributed by atoms with van der Waals surface area (Å²) in [7, 11) is 0. The van der Waals surface area contributed by atoms with Gasteiger partial charge in [-0.1, -0.05) is 24.9 Å². The van der Waals surface area contributed by atoms with Crippen LogP contribution in [0.5, 0.6) is 0 Å². The van der Waals surface area contributed by atoms with Crippen molar-refractivity contribution in [3.63, 3.8) is 0 Å². The third kappa shape index (κ3) is 3.51. The number of hydrogen-bond acceptors (Lipinski definition) is 3. The lowest BCUT2D eigenvalue weighted by atomic mass is 9.76. The van der Waals surface area contributed by atoms with Crippen molar-refractivity contribution in [2.75, 3.05) is 18.4 Å². The van der Waals surface area contributed by atoms with Crippen molar-refractivity contribution in [3.8, 4) is 0 Å². The van der Waals surface area contributed by atoms with E-state index in [-0.39, 0.29) is 11.3 Å². The van der Waals surface area contributed by atoms with Crippen LogP contribution in [-0.2, 0) is 4.79 Å². The second-order valence-corrected chi connectivity index (χ2v) is 6.47. The van der Waals surface area contributed by atoms with Crippen molar-refractivity contribution in [2.24, 2.45) is 5.41 Å². The largest absolute Gasteiger partial charge is 0.324 e. The van der Waals surface area contributed by atoms with Gasteiger partial charge in [0.25, 0.3) is 0 Å². The average Bonchev–Trinajstić information content (AvgIpc) is 2.44. The second kappa shape index (κ2) is 6.87. The fourth-order valence-electron chi connectivity index (χ4n) is 2.72. The molecule has 1 aliphatic rings. The van der Waals surface area contributed by atoms with E-state index in [9.17, 15) is 4.79 Å². The van der Waals surface area contributed by atoms with Crippen molar-refractivity contribution in [2.45, 2.75) is 32.6 Å². The first-order valence-electron chi connectivity index (χ1n) is 6.90. The number of anilines is 1. The van der Waals surface area contributed by atoms with Gasteiger partial charge >= 0.3 is 0 Å². The Balaban J connectivity index is 2.13. The van der Waals surface area contributed by atoms with Crippen molar-refractivity contribution < 1.29 is 4.79 Å². The van der Waals surface area contributed by atoms with Gasteiger partial charge in [-0.15, -0.1) is 0 Å². The Bertz CT molecular complexity index is 484. The quantitative estimate of drug-likeness (QED) is 0.807. The molecule has 1 unspecified atom stereocenters. The Labute approximate surface area is 132 Å². The van der Waals surface area contributed by atoms with Gasteiger partial charge in [0.05, 0.1) is 21.8 Å². The standard InChI is InChI=1S/C14H19BrClN3O/c1-2-4-14(5-3-6-17-9-14)13(20)19-10-7-11(15)12(16)18-8-10/h7-8,17H,2-6,9H2,1H3,(H,19,20). The van der Waals surface area contributed by atoms with Crippen molar-refractivity contribution in [3.05, 3.63) is 21.9 Å². The molecule has 0 saturated carbocycles. The predicted octanol–water partition coefficient (Wildman–Crippen LogP) is 3.61. The van der Waals surface area contributed by atoms with Crippen LogP contribution in [0.3, 0.4) is 0 Å². The van der Waals surface area contributed by atoms with Crippen molar-refractivity contribution in [1.29, 1.82) is 0 Å². The Morgan fingerprint density at radius 2 is 2.45 bits per heavy atom. The molecule has 6 heteroatoms. The predicted molar refractivity (Wildman–Crippen MR) is 85.0 cm³/mol. The summed E-state index contributed by atoms with van der Waals surface area (Å²) in [5.74, 6) is 0.0718. The molecule has 1 atom stereocenters. The molecule has 2 heterocycles. The zero-order chi connectivity index (χ0) is 14.6. The van der Waals surface area contributed by atoms with Crippen LogP contribution in [-0.4, -0.2) is 24.0 Å². The molecule has 20 heavy (non-hydrogen) atoms. The van der Waals surface area contributed by atoms with E-state index in [0.29, 0.717) is 15.3 Å². The zero-order valence-electron chi connectivity index (χ0n) is 11.5. The minimum atomic E-state index is -0.306.